The molecular weight excluding hydrogens is 656 g/mol. The van der Waals surface area contributed by atoms with Crippen molar-refractivity contribution in [2.24, 2.45) is 5.73 Å². The molecule has 2 aromatic rings. The van der Waals surface area contributed by atoms with E-state index in [0.717, 1.165) is 0 Å². The fourth-order valence-corrected chi connectivity index (χ4v) is 5.51. The Kier molecular flexibility index (Phi) is 12.0. The number of carboxylic acids is 2. The van der Waals surface area contributed by atoms with Crippen LogP contribution in [0.4, 0.5) is 5.69 Å². The number of benzene rings is 3. The van der Waals surface area contributed by atoms with Gasteiger partial charge in [0, 0.05) is 47.2 Å². The Morgan fingerprint density at radius 3 is 2.33 bits per heavy atom. The van der Waals surface area contributed by atoms with Crippen molar-refractivity contribution in [3.05, 3.63) is 70.4 Å². The molecule has 256 valence electrons. The van der Waals surface area contributed by atoms with Crippen LogP contribution in [0.5, 0.6) is 5.75 Å². The number of phenols is 1. The molecule has 3 amide bonds. The summed E-state index contributed by atoms with van der Waals surface area (Å²) in [5, 5.41) is 37.3. The predicted molar refractivity (Wildman–Crippen MR) is 183 cm³/mol. The van der Waals surface area contributed by atoms with Crippen LogP contribution in [0.3, 0.4) is 0 Å². The summed E-state index contributed by atoms with van der Waals surface area (Å²) in [6.45, 7) is -0.633. The SMILES string of the molecule is NC(=O)CC[C@H](NC(=O)CCCCCC(=S)Nc1ccc(-c2c3ccc(=O)cc-3oc3cc(O)ccc23)c(C(=O)O)c1)C(=O)NCC(=O)O. The third-order valence-electron chi connectivity index (χ3n) is 7.53. The number of anilines is 1. The minimum Gasteiger partial charge on any atom is -0.508 e. The van der Waals surface area contributed by atoms with Crippen LogP contribution in [-0.4, -0.2) is 62.6 Å². The van der Waals surface area contributed by atoms with Gasteiger partial charge in [-0.15, -0.1) is 0 Å². The van der Waals surface area contributed by atoms with Crippen LogP contribution >= 0.6 is 12.2 Å². The highest BCUT2D eigenvalue weighted by Gasteiger charge is 2.23. The van der Waals surface area contributed by atoms with E-state index in [9.17, 15) is 39.0 Å². The maximum Gasteiger partial charge on any atom is 0.336 e. The van der Waals surface area contributed by atoms with Gasteiger partial charge in [0.05, 0.1) is 10.6 Å². The lowest BCUT2D eigenvalue weighted by molar-refractivity contribution is -0.138. The summed E-state index contributed by atoms with van der Waals surface area (Å²) in [6.07, 6.45) is 1.95. The Hall–Kier alpha value is -5.83. The molecule has 1 atom stereocenters. The van der Waals surface area contributed by atoms with Gasteiger partial charge in [-0.25, -0.2) is 4.79 Å². The lowest BCUT2D eigenvalue weighted by Crippen LogP contribution is -2.48. The normalized spacial score (nSPS) is 11.5. The Morgan fingerprint density at radius 1 is 0.878 bits per heavy atom. The Balaban J connectivity index is 1.37. The van der Waals surface area contributed by atoms with E-state index in [2.05, 4.69) is 16.0 Å². The number of nitrogens with one attached hydrogen (secondary N) is 3. The monoisotopic (exact) mass is 690 g/mol. The fraction of sp³-hybridized carbons (Fsp3) is 0.265. The largest absolute Gasteiger partial charge is 0.508 e. The number of primary amides is 1. The molecule has 2 aromatic carbocycles. The average molecular weight is 691 g/mol. The summed E-state index contributed by atoms with van der Waals surface area (Å²) < 4.78 is 5.87. The smallest absolute Gasteiger partial charge is 0.336 e. The van der Waals surface area contributed by atoms with Gasteiger partial charge in [-0.3, -0.25) is 24.0 Å². The molecule has 0 aromatic heterocycles. The van der Waals surface area contributed by atoms with Crippen LogP contribution in [0.2, 0.25) is 0 Å². The van der Waals surface area contributed by atoms with Gasteiger partial charge in [0.1, 0.15) is 29.7 Å². The van der Waals surface area contributed by atoms with E-state index in [0.29, 0.717) is 58.4 Å². The van der Waals surface area contributed by atoms with Crippen molar-refractivity contribution in [1.82, 2.24) is 10.6 Å². The van der Waals surface area contributed by atoms with Crippen LogP contribution in [0.1, 0.15) is 55.3 Å². The summed E-state index contributed by atoms with van der Waals surface area (Å²) in [5.74, 6) is -4.11. The van der Waals surface area contributed by atoms with Crippen molar-refractivity contribution in [2.75, 3.05) is 11.9 Å². The Bertz CT molecular complexity index is 1960. The summed E-state index contributed by atoms with van der Waals surface area (Å²) in [7, 11) is 0. The van der Waals surface area contributed by atoms with Crippen LogP contribution < -0.4 is 27.1 Å². The maximum absolute atomic E-state index is 12.5. The van der Waals surface area contributed by atoms with Crippen molar-refractivity contribution in [3.8, 4) is 28.2 Å². The molecule has 49 heavy (non-hydrogen) atoms. The van der Waals surface area contributed by atoms with Gasteiger partial charge in [-0.2, -0.15) is 0 Å². The lowest BCUT2D eigenvalue weighted by Gasteiger charge is -2.18. The maximum atomic E-state index is 12.5. The molecule has 15 heteroatoms. The van der Waals surface area contributed by atoms with Gasteiger partial charge in [0.15, 0.2) is 5.43 Å². The minimum atomic E-state index is -1.25. The standard InChI is InChI=1S/C34H34N4O10S/c35-28(41)13-12-25(33(45)36-17-31(43)44)38-29(42)4-2-1-3-5-30(49)37-18-6-9-21(24(14-18)34(46)47)32-22-10-7-19(39)15-26(22)48-27-16-20(40)8-11-23(27)32/h6-11,14-16,25,39H,1-5,12-13,17H2,(H2,35,41)(H,36,45)(H,37,49)(H,38,42)(H,43,44)(H,46,47)/t25-/m0/s1. The van der Waals surface area contributed by atoms with Gasteiger partial charge < -0.3 is 41.4 Å². The van der Waals surface area contributed by atoms with Crippen LogP contribution in [0, 0.1) is 0 Å². The molecule has 0 unspecified atom stereocenters. The van der Waals surface area contributed by atoms with E-state index in [1.807, 2.05) is 0 Å². The van der Waals surface area contributed by atoms with E-state index >= 15 is 0 Å². The summed E-state index contributed by atoms with van der Waals surface area (Å²) >= 11 is 5.47. The van der Waals surface area contributed by atoms with Gasteiger partial charge in [-0.05, 0) is 67.6 Å². The molecule has 4 rings (SSSR count). The first kappa shape index (κ1) is 36.0. The van der Waals surface area contributed by atoms with E-state index in [1.54, 1.807) is 24.3 Å². The zero-order valence-corrected chi connectivity index (χ0v) is 26.9. The number of unbranched alkanes of at least 4 members (excludes halogenated alkanes) is 2. The van der Waals surface area contributed by atoms with Gasteiger partial charge in [-0.1, -0.05) is 24.7 Å². The number of phenolic OH excluding ortho intramolecular Hbond substituents is 1. The summed E-state index contributed by atoms with van der Waals surface area (Å²) in [4.78, 5) is 71.5. The minimum absolute atomic E-state index is 0.0299. The number of carboxylic acid groups (broad SMARTS) is 2. The fourth-order valence-electron chi connectivity index (χ4n) is 5.25. The first-order valence-corrected chi connectivity index (χ1v) is 15.7. The molecule has 0 radical (unpaired) electrons. The molecule has 8 N–H and O–H groups in total. The number of hydrogen-bond acceptors (Lipinski definition) is 9. The number of aromatic hydroxyl groups is 1. The molecule has 0 saturated carbocycles. The number of aliphatic carboxylic acids is 1. The second-order valence-electron chi connectivity index (χ2n) is 11.2. The molecule has 1 aliphatic heterocycles. The lowest BCUT2D eigenvalue weighted by atomic mass is 9.90. The zero-order valence-electron chi connectivity index (χ0n) is 26.1. The first-order valence-electron chi connectivity index (χ1n) is 15.3. The molecule has 2 aliphatic rings. The van der Waals surface area contributed by atoms with Crippen molar-refractivity contribution in [2.45, 2.75) is 51.0 Å². The molecule has 0 bridgehead atoms. The molecule has 1 heterocycles. The van der Waals surface area contributed by atoms with Crippen molar-refractivity contribution in [3.63, 3.8) is 0 Å². The Morgan fingerprint density at radius 2 is 1.61 bits per heavy atom. The quantitative estimate of drug-likeness (QED) is 0.0507. The number of fused-ring (bicyclic) bond motifs is 2. The van der Waals surface area contributed by atoms with Crippen molar-refractivity contribution >= 4 is 63.5 Å². The van der Waals surface area contributed by atoms with Gasteiger partial charge in [0.25, 0.3) is 0 Å². The average Bonchev–Trinajstić information content (AvgIpc) is 3.04. The molecule has 1 aliphatic carbocycles. The third-order valence-corrected chi connectivity index (χ3v) is 7.84. The number of aromatic carboxylic acids is 1. The van der Waals surface area contributed by atoms with Gasteiger partial charge >= 0.3 is 11.9 Å². The molecule has 0 spiro atoms. The number of rotatable bonds is 16. The second-order valence-corrected chi connectivity index (χ2v) is 11.7. The number of thiocarbonyl (C=S) groups is 1. The van der Waals surface area contributed by atoms with E-state index in [-0.39, 0.29) is 47.3 Å². The first-order chi connectivity index (χ1) is 23.3. The number of carbonyl (C=O) groups excluding carboxylic acids is 3. The predicted octanol–water partition coefficient (Wildman–Crippen LogP) is 3.61. The van der Waals surface area contributed by atoms with Gasteiger partial charge in [0.2, 0.25) is 17.7 Å². The highest BCUT2D eigenvalue weighted by Crippen LogP contribution is 2.42. The summed E-state index contributed by atoms with van der Waals surface area (Å²) in [6, 6.07) is 12.4. The van der Waals surface area contributed by atoms with Crippen LogP contribution in [0.25, 0.3) is 33.4 Å². The molecular formula is C34H34N4O10S. The second kappa shape index (κ2) is 16.3. The van der Waals surface area contributed by atoms with Crippen molar-refractivity contribution in [1.29, 1.82) is 0 Å². The number of amides is 3. The van der Waals surface area contributed by atoms with Crippen molar-refractivity contribution < 1.29 is 43.7 Å². The molecule has 0 fully saturated rings. The number of hydrogen-bond donors (Lipinski definition) is 7. The number of carbonyl (C=O) groups is 5. The topological polar surface area (TPSA) is 238 Å². The Labute approximate surface area is 284 Å². The van der Waals surface area contributed by atoms with E-state index < -0.39 is 42.2 Å². The highest BCUT2D eigenvalue weighted by molar-refractivity contribution is 7.80. The summed E-state index contributed by atoms with van der Waals surface area (Å²) in [5.41, 5.74) is 6.95. The third kappa shape index (κ3) is 9.84. The number of nitrogens with two attached hydrogens (primary N) is 1. The molecule has 14 nitrogen and oxygen atoms in total. The van der Waals surface area contributed by atoms with E-state index in [4.69, 9.17) is 27.5 Å². The molecule has 0 saturated heterocycles. The van der Waals surface area contributed by atoms with Crippen LogP contribution in [-0.2, 0) is 19.2 Å². The van der Waals surface area contributed by atoms with E-state index in [1.165, 1.54) is 30.3 Å². The van der Waals surface area contributed by atoms with Crippen LogP contribution in [0.15, 0.2) is 63.8 Å². The zero-order chi connectivity index (χ0) is 35.7. The highest BCUT2D eigenvalue weighted by atomic mass is 32.1.